The number of amides is 1. The summed E-state index contributed by atoms with van der Waals surface area (Å²) in [6.07, 6.45) is 4.80. The van der Waals surface area contributed by atoms with E-state index in [1.54, 1.807) is 18.5 Å². The molecule has 9 heteroatoms. The Bertz CT molecular complexity index is 1090. The molecule has 1 amide bonds. The number of carbonyl (C=O) groups is 1. The molecular formula is C23H31N5O3Si. The van der Waals surface area contributed by atoms with Gasteiger partial charge in [0.25, 0.3) is 5.91 Å². The first-order valence-electron chi connectivity index (χ1n) is 11.0. The van der Waals surface area contributed by atoms with Crippen LogP contribution in [0.3, 0.4) is 0 Å². The summed E-state index contributed by atoms with van der Waals surface area (Å²) in [7, 11) is -1.82. The Morgan fingerprint density at radius 1 is 1.19 bits per heavy atom. The number of benzene rings is 1. The predicted molar refractivity (Wildman–Crippen MR) is 126 cm³/mol. The second-order valence-electron chi connectivity index (χ2n) is 9.73. The molecule has 0 spiro atoms. The third-order valence-corrected chi connectivity index (χ3v) is 11.0. The third-order valence-electron chi connectivity index (χ3n) is 6.46. The van der Waals surface area contributed by atoms with Gasteiger partial charge < -0.3 is 14.5 Å². The number of anilines is 1. The average molecular weight is 454 g/mol. The summed E-state index contributed by atoms with van der Waals surface area (Å²) in [6.45, 7) is 11.8. The lowest BCUT2D eigenvalue weighted by Gasteiger charge is -2.36. The number of imidazole rings is 1. The molecule has 0 radical (unpaired) electrons. The van der Waals surface area contributed by atoms with Crippen LogP contribution in [0.1, 0.15) is 50.2 Å². The van der Waals surface area contributed by atoms with Crippen molar-refractivity contribution in [1.82, 2.24) is 19.5 Å². The van der Waals surface area contributed by atoms with Gasteiger partial charge in [-0.05, 0) is 43.1 Å². The monoisotopic (exact) mass is 453 g/mol. The fraction of sp³-hybridized carbons (Fsp3) is 0.478. The molecule has 4 rings (SSSR count). The number of nitrogens with one attached hydrogen (secondary N) is 1. The smallest absolute Gasteiger partial charge is 0.256 e. The zero-order valence-electron chi connectivity index (χ0n) is 19.3. The van der Waals surface area contributed by atoms with Crippen LogP contribution in [0.4, 0.5) is 5.82 Å². The van der Waals surface area contributed by atoms with E-state index in [0.29, 0.717) is 29.2 Å². The first-order chi connectivity index (χ1) is 15.2. The standard InChI is InChI=1S/C23H31N5O3Si/c1-23(2,3)32(4,5)30-13-17-11-12-18(31-17)28-15-26-19-20(24-14-25-21(19)28)27-22(29)16-9-7-6-8-10-16/h6-10,14-15,17-18H,11-13H2,1-5H3,(H,24,25,27,29)/t17-,18+/m1/s1. The van der Waals surface area contributed by atoms with Gasteiger partial charge in [-0.2, -0.15) is 0 Å². The molecule has 32 heavy (non-hydrogen) atoms. The summed E-state index contributed by atoms with van der Waals surface area (Å²) in [5, 5.41) is 3.01. The molecule has 8 nitrogen and oxygen atoms in total. The van der Waals surface area contributed by atoms with Gasteiger partial charge in [0.05, 0.1) is 19.0 Å². The Labute approximate surface area is 189 Å². The SMILES string of the molecule is CC(C)(C)[Si](C)(C)OC[C@H]1CC[C@@H](n2cnc3c(NC(=O)c4ccccc4)ncnc32)O1. The fourth-order valence-corrected chi connectivity index (χ4v) is 4.49. The van der Waals surface area contributed by atoms with Crippen LogP contribution < -0.4 is 5.32 Å². The third kappa shape index (κ3) is 4.60. The van der Waals surface area contributed by atoms with E-state index in [2.05, 4.69) is 54.1 Å². The molecule has 170 valence electrons. The van der Waals surface area contributed by atoms with Crippen molar-refractivity contribution in [3.63, 3.8) is 0 Å². The molecule has 1 N–H and O–H groups in total. The highest BCUT2D eigenvalue weighted by Crippen LogP contribution is 2.38. The Morgan fingerprint density at radius 2 is 1.94 bits per heavy atom. The molecule has 0 unspecified atom stereocenters. The van der Waals surface area contributed by atoms with Gasteiger partial charge in [-0.25, -0.2) is 15.0 Å². The number of rotatable bonds is 6. The van der Waals surface area contributed by atoms with E-state index < -0.39 is 8.32 Å². The number of aromatic nitrogens is 4. The van der Waals surface area contributed by atoms with Crippen LogP contribution in [0.25, 0.3) is 11.2 Å². The van der Waals surface area contributed by atoms with Gasteiger partial charge in [-0.1, -0.05) is 39.0 Å². The first-order valence-corrected chi connectivity index (χ1v) is 13.9. The second kappa shape index (κ2) is 8.72. The van der Waals surface area contributed by atoms with E-state index in [9.17, 15) is 4.79 Å². The summed E-state index contributed by atoms with van der Waals surface area (Å²) >= 11 is 0. The van der Waals surface area contributed by atoms with Crippen molar-refractivity contribution in [3.8, 4) is 0 Å². The second-order valence-corrected chi connectivity index (χ2v) is 14.5. The van der Waals surface area contributed by atoms with E-state index in [1.165, 1.54) is 6.33 Å². The van der Waals surface area contributed by atoms with Crippen molar-refractivity contribution in [1.29, 1.82) is 0 Å². The van der Waals surface area contributed by atoms with Crippen LogP contribution in [0.2, 0.25) is 18.1 Å². The number of carbonyl (C=O) groups excluding carboxylic acids is 1. The molecule has 1 aliphatic rings. The summed E-state index contributed by atoms with van der Waals surface area (Å²) in [6, 6.07) is 9.02. The van der Waals surface area contributed by atoms with Crippen molar-refractivity contribution in [2.75, 3.05) is 11.9 Å². The number of hydrogen-bond donors (Lipinski definition) is 1. The largest absolute Gasteiger partial charge is 0.414 e. The lowest BCUT2D eigenvalue weighted by molar-refractivity contribution is -0.0182. The number of hydrogen-bond acceptors (Lipinski definition) is 6. The van der Waals surface area contributed by atoms with Gasteiger partial charge in [-0.3, -0.25) is 9.36 Å². The number of nitrogens with zero attached hydrogens (tertiary/aromatic N) is 4. The average Bonchev–Trinajstić information content (AvgIpc) is 3.39. The minimum atomic E-state index is -1.82. The molecule has 0 saturated carbocycles. The molecular weight excluding hydrogens is 422 g/mol. The molecule has 1 aliphatic heterocycles. The minimum Gasteiger partial charge on any atom is -0.414 e. The maximum absolute atomic E-state index is 12.5. The van der Waals surface area contributed by atoms with Crippen molar-refractivity contribution >= 4 is 31.2 Å². The zero-order chi connectivity index (χ0) is 22.9. The quantitative estimate of drug-likeness (QED) is 0.540. The maximum Gasteiger partial charge on any atom is 0.256 e. The molecule has 0 bridgehead atoms. The van der Waals surface area contributed by atoms with Gasteiger partial charge >= 0.3 is 0 Å². The highest BCUT2D eigenvalue weighted by atomic mass is 28.4. The van der Waals surface area contributed by atoms with E-state index >= 15 is 0 Å². The summed E-state index contributed by atoms with van der Waals surface area (Å²) < 4.78 is 14.6. The van der Waals surface area contributed by atoms with Crippen LogP contribution in [-0.2, 0) is 9.16 Å². The number of ether oxygens (including phenoxy) is 1. The molecule has 2 aromatic heterocycles. The van der Waals surface area contributed by atoms with Crippen LogP contribution in [0.15, 0.2) is 43.0 Å². The number of fused-ring (bicyclic) bond motifs is 1. The molecule has 1 saturated heterocycles. The Morgan fingerprint density at radius 3 is 2.66 bits per heavy atom. The van der Waals surface area contributed by atoms with E-state index in [-0.39, 0.29) is 23.3 Å². The van der Waals surface area contributed by atoms with Gasteiger partial charge in [0, 0.05) is 5.56 Å². The summed E-state index contributed by atoms with van der Waals surface area (Å²) in [4.78, 5) is 25.7. The fourth-order valence-electron chi connectivity index (χ4n) is 3.46. The van der Waals surface area contributed by atoms with Crippen molar-refractivity contribution in [2.45, 2.75) is 64.1 Å². The van der Waals surface area contributed by atoms with Gasteiger partial charge in [-0.15, -0.1) is 0 Å². The van der Waals surface area contributed by atoms with Crippen molar-refractivity contribution in [2.24, 2.45) is 0 Å². The highest BCUT2D eigenvalue weighted by molar-refractivity contribution is 6.74. The zero-order valence-corrected chi connectivity index (χ0v) is 20.3. The van der Waals surface area contributed by atoms with Gasteiger partial charge in [0.1, 0.15) is 12.6 Å². The topological polar surface area (TPSA) is 91.2 Å². The molecule has 3 aromatic rings. The predicted octanol–water partition coefficient (Wildman–Crippen LogP) is 4.78. The molecule has 2 atom stereocenters. The summed E-state index contributed by atoms with van der Waals surface area (Å²) in [5.41, 5.74) is 1.74. The molecule has 0 aliphatic carbocycles. The van der Waals surface area contributed by atoms with Gasteiger partial charge in [0.15, 0.2) is 25.3 Å². The van der Waals surface area contributed by atoms with Gasteiger partial charge in [0.2, 0.25) is 0 Å². The molecule has 1 fully saturated rings. The minimum absolute atomic E-state index is 0.0469. The first kappa shape index (κ1) is 22.6. The molecule has 1 aromatic carbocycles. The Hall–Kier alpha value is -2.62. The van der Waals surface area contributed by atoms with E-state index in [0.717, 1.165) is 12.8 Å². The Balaban J connectivity index is 1.46. The van der Waals surface area contributed by atoms with Crippen LogP contribution in [0, 0.1) is 0 Å². The summed E-state index contributed by atoms with van der Waals surface area (Å²) in [5.74, 6) is 0.151. The maximum atomic E-state index is 12.5. The van der Waals surface area contributed by atoms with E-state index in [1.807, 2.05) is 22.8 Å². The van der Waals surface area contributed by atoms with Crippen LogP contribution in [0.5, 0.6) is 0 Å². The molecule has 3 heterocycles. The Kier molecular flexibility index (Phi) is 6.15. The van der Waals surface area contributed by atoms with Crippen molar-refractivity contribution < 1.29 is 14.0 Å². The lowest BCUT2D eigenvalue weighted by atomic mass is 10.2. The van der Waals surface area contributed by atoms with Crippen molar-refractivity contribution in [3.05, 3.63) is 48.5 Å². The highest BCUT2D eigenvalue weighted by Gasteiger charge is 2.38. The normalized spacial score (nSPS) is 19.4. The lowest BCUT2D eigenvalue weighted by Crippen LogP contribution is -2.42. The van der Waals surface area contributed by atoms with Crippen LogP contribution in [-0.4, -0.2) is 46.5 Å². The van der Waals surface area contributed by atoms with Crippen LogP contribution >= 0.6 is 0 Å². The van der Waals surface area contributed by atoms with E-state index in [4.69, 9.17) is 9.16 Å².